The second kappa shape index (κ2) is 12.6. The first-order chi connectivity index (χ1) is 17.9. The summed E-state index contributed by atoms with van der Waals surface area (Å²) in [5.41, 5.74) is 4.29. The number of amides is 1. The van der Waals surface area contributed by atoms with Gasteiger partial charge in [0.15, 0.2) is 15.8 Å². The van der Waals surface area contributed by atoms with E-state index < -0.39 is 0 Å². The van der Waals surface area contributed by atoms with Crippen molar-refractivity contribution in [3.05, 3.63) is 58.6 Å². The van der Waals surface area contributed by atoms with Gasteiger partial charge in [0.2, 0.25) is 16.2 Å². The Kier molecular flexibility index (Phi) is 9.05. The number of nitrogens with one attached hydrogen (secondary N) is 2. The van der Waals surface area contributed by atoms with Crippen LogP contribution in [0.4, 0.5) is 11.1 Å². The minimum Gasteiger partial charge on any atom is -0.504 e. The largest absolute Gasteiger partial charge is 0.504 e. The van der Waals surface area contributed by atoms with E-state index in [1.54, 1.807) is 12.1 Å². The molecule has 0 saturated heterocycles. The number of nitrogens with zero attached hydrogens (tertiary/aromatic N) is 6. The summed E-state index contributed by atoms with van der Waals surface area (Å²) in [7, 11) is 1.47. The van der Waals surface area contributed by atoms with Crippen molar-refractivity contribution >= 4 is 69.7 Å². The average Bonchev–Trinajstić information content (AvgIpc) is 3.48. The molecule has 0 aliphatic heterocycles. The van der Waals surface area contributed by atoms with Gasteiger partial charge in [-0.1, -0.05) is 64.7 Å². The number of rotatable bonds is 11. The molecule has 0 saturated carbocycles. The van der Waals surface area contributed by atoms with Crippen LogP contribution in [0.2, 0.25) is 5.02 Å². The van der Waals surface area contributed by atoms with Gasteiger partial charge >= 0.3 is 0 Å². The van der Waals surface area contributed by atoms with Crippen molar-refractivity contribution in [1.82, 2.24) is 25.1 Å². The van der Waals surface area contributed by atoms with Crippen LogP contribution < -0.4 is 21.3 Å². The maximum absolute atomic E-state index is 12.4. The van der Waals surface area contributed by atoms with Crippen LogP contribution in [0.3, 0.4) is 0 Å². The van der Waals surface area contributed by atoms with Gasteiger partial charge in [0.05, 0.1) is 19.1 Å². The highest BCUT2D eigenvalue weighted by Gasteiger charge is 2.14. The molecule has 2 heterocycles. The van der Waals surface area contributed by atoms with Crippen molar-refractivity contribution in [2.24, 2.45) is 5.10 Å². The predicted molar refractivity (Wildman–Crippen MR) is 146 cm³/mol. The Morgan fingerprint density at radius 3 is 2.86 bits per heavy atom. The van der Waals surface area contributed by atoms with Gasteiger partial charge < -0.3 is 15.7 Å². The summed E-state index contributed by atoms with van der Waals surface area (Å²) in [5.74, 6) is 6.90. The monoisotopic (exact) mass is 577 g/mol. The lowest BCUT2D eigenvalue weighted by Gasteiger charge is -2.04. The number of carbonyl (C=O) groups is 1. The summed E-state index contributed by atoms with van der Waals surface area (Å²) in [5, 5.41) is 33.9. The third-order valence-corrected chi connectivity index (χ3v) is 7.87. The molecule has 12 nitrogen and oxygen atoms in total. The molecule has 192 valence electrons. The third-order valence-electron chi connectivity index (χ3n) is 4.54. The normalized spacial score (nSPS) is 11.1. The van der Waals surface area contributed by atoms with Crippen LogP contribution >= 0.6 is 46.5 Å². The molecule has 16 heteroatoms. The standard InChI is InChI=1S/C21H20ClN9O3S3/c1-34-16-7-6-12(8-15(16)32)9-24-26-18-27-29-20(31(18)23)35-11-17(33)25-19-28-30-21(37-19)36-10-13-4-2-3-5-14(13)22/h2-9,32H,10-11,23H2,1H3,(H,26,27)(H,25,28,33)/b24-9+. The van der Waals surface area contributed by atoms with Crippen LogP contribution in [0, 0.1) is 0 Å². The molecule has 0 bridgehead atoms. The van der Waals surface area contributed by atoms with Gasteiger partial charge in [-0.05, 0) is 35.4 Å². The molecule has 0 atom stereocenters. The highest BCUT2D eigenvalue weighted by Crippen LogP contribution is 2.30. The zero-order valence-electron chi connectivity index (χ0n) is 19.2. The quantitative estimate of drug-likeness (QED) is 0.0675. The molecule has 0 radical (unpaired) electrons. The number of aromatic nitrogens is 5. The number of thioether (sulfide) groups is 2. The fourth-order valence-corrected chi connectivity index (χ4v) is 5.47. The molecule has 5 N–H and O–H groups in total. The maximum Gasteiger partial charge on any atom is 0.264 e. The lowest BCUT2D eigenvalue weighted by atomic mass is 10.2. The first kappa shape index (κ1) is 26.5. The van der Waals surface area contributed by atoms with Crippen LogP contribution in [0.5, 0.6) is 11.5 Å². The van der Waals surface area contributed by atoms with E-state index in [0.717, 1.165) is 17.3 Å². The summed E-state index contributed by atoms with van der Waals surface area (Å²) in [6.45, 7) is 0. The average molecular weight is 578 g/mol. The maximum atomic E-state index is 12.4. The Bertz CT molecular complexity index is 1410. The SMILES string of the molecule is COc1ccc(/C=N/Nc2nnc(SCC(=O)Nc3nnc(SCc4ccccc4Cl)s3)n2N)cc1O. The van der Waals surface area contributed by atoms with Crippen molar-refractivity contribution in [1.29, 1.82) is 0 Å². The number of hydrogen-bond donors (Lipinski definition) is 4. The van der Waals surface area contributed by atoms with E-state index in [0.29, 0.717) is 36.7 Å². The molecule has 4 aromatic rings. The molecule has 37 heavy (non-hydrogen) atoms. The van der Waals surface area contributed by atoms with E-state index in [9.17, 15) is 9.90 Å². The lowest BCUT2D eigenvalue weighted by Crippen LogP contribution is -2.16. The van der Waals surface area contributed by atoms with Gasteiger partial charge in [-0.3, -0.25) is 10.1 Å². The first-order valence-electron chi connectivity index (χ1n) is 10.4. The zero-order valence-corrected chi connectivity index (χ0v) is 22.4. The minimum absolute atomic E-state index is 0.00832. The fourth-order valence-electron chi connectivity index (χ4n) is 2.76. The number of phenols is 1. The summed E-state index contributed by atoms with van der Waals surface area (Å²) < 4.78 is 6.89. The van der Waals surface area contributed by atoms with Crippen LogP contribution in [0.15, 0.2) is 57.1 Å². The van der Waals surface area contributed by atoms with Crippen molar-refractivity contribution < 1.29 is 14.6 Å². The Balaban J connectivity index is 1.24. The number of benzene rings is 2. The third kappa shape index (κ3) is 7.25. The molecule has 0 spiro atoms. The minimum atomic E-state index is -0.293. The van der Waals surface area contributed by atoms with E-state index >= 15 is 0 Å². The van der Waals surface area contributed by atoms with E-state index in [1.165, 1.54) is 47.2 Å². The summed E-state index contributed by atoms with van der Waals surface area (Å²) in [6, 6.07) is 12.4. The molecule has 4 rings (SSSR count). The topological polar surface area (TPSA) is 165 Å². The predicted octanol–water partition coefficient (Wildman–Crippen LogP) is 3.68. The van der Waals surface area contributed by atoms with Crippen LogP contribution in [-0.2, 0) is 10.5 Å². The molecular formula is C21H20ClN9O3S3. The summed E-state index contributed by atoms with van der Waals surface area (Å²) in [6.07, 6.45) is 1.47. The Morgan fingerprint density at radius 2 is 2.08 bits per heavy atom. The van der Waals surface area contributed by atoms with E-state index in [1.807, 2.05) is 24.3 Å². The van der Waals surface area contributed by atoms with Crippen molar-refractivity contribution in [3.63, 3.8) is 0 Å². The van der Waals surface area contributed by atoms with Gasteiger partial charge in [0.25, 0.3) is 5.95 Å². The smallest absolute Gasteiger partial charge is 0.264 e. The Hall–Kier alpha value is -3.53. The Labute approximate surface area is 228 Å². The second-order valence-electron chi connectivity index (χ2n) is 7.07. The van der Waals surface area contributed by atoms with E-state index in [2.05, 4.69) is 36.2 Å². The van der Waals surface area contributed by atoms with Gasteiger partial charge in [0.1, 0.15) is 0 Å². The summed E-state index contributed by atoms with van der Waals surface area (Å²) >= 11 is 10.0. The number of nitrogen functional groups attached to an aromatic ring is 1. The molecule has 1 amide bonds. The molecule has 0 aliphatic rings. The number of hydrogen-bond acceptors (Lipinski definition) is 13. The molecule has 2 aromatic carbocycles. The molecule has 0 unspecified atom stereocenters. The van der Waals surface area contributed by atoms with Crippen molar-refractivity contribution in [2.45, 2.75) is 15.2 Å². The second-order valence-corrected chi connectivity index (χ2v) is 10.6. The van der Waals surface area contributed by atoms with Crippen molar-refractivity contribution in [3.8, 4) is 11.5 Å². The van der Waals surface area contributed by atoms with Gasteiger partial charge in [-0.15, -0.1) is 20.4 Å². The highest BCUT2D eigenvalue weighted by atomic mass is 35.5. The number of anilines is 2. The molecular weight excluding hydrogens is 558 g/mol. The number of phenolic OH excluding ortho intramolecular Hbond substituents is 1. The van der Waals surface area contributed by atoms with Crippen LogP contribution in [0.1, 0.15) is 11.1 Å². The molecule has 2 aromatic heterocycles. The van der Waals surface area contributed by atoms with Crippen molar-refractivity contribution in [2.75, 3.05) is 29.4 Å². The Morgan fingerprint density at radius 1 is 1.24 bits per heavy atom. The first-order valence-corrected chi connectivity index (χ1v) is 13.6. The fraction of sp³-hybridized carbons (Fsp3) is 0.143. The van der Waals surface area contributed by atoms with Crippen LogP contribution in [0.25, 0.3) is 0 Å². The van der Waals surface area contributed by atoms with Gasteiger partial charge in [-0.25, -0.2) is 10.1 Å². The number of hydrazone groups is 1. The number of halogens is 1. The van der Waals surface area contributed by atoms with Crippen LogP contribution in [-0.4, -0.2) is 55.2 Å². The van der Waals surface area contributed by atoms with E-state index in [4.69, 9.17) is 22.2 Å². The highest BCUT2D eigenvalue weighted by molar-refractivity contribution is 8.00. The van der Waals surface area contributed by atoms with Gasteiger partial charge in [0, 0.05) is 10.8 Å². The molecule has 0 fully saturated rings. The summed E-state index contributed by atoms with van der Waals surface area (Å²) in [4.78, 5) is 12.4. The lowest BCUT2D eigenvalue weighted by molar-refractivity contribution is -0.113. The number of carbonyl (C=O) groups excluding carboxylic acids is 1. The van der Waals surface area contributed by atoms with Gasteiger partial charge in [-0.2, -0.15) is 5.10 Å². The number of aromatic hydroxyl groups is 1. The zero-order chi connectivity index (χ0) is 26.2. The number of ether oxygens (including phenoxy) is 1. The number of nitrogens with two attached hydrogens (primary N) is 1. The number of methoxy groups -OCH3 is 1. The molecule has 0 aliphatic carbocycles. The van der Waals surface area contributed by atoms with E-state index in [-0.39, 0.29) is 23.4 Å².